The molecule has 0 atom stereocenters. The lowest BCUT2D eigenvalue weighted by atomic mass is 10.2. The quantitative estimate of drug-likeness (QED) is 0.599. The third-order valence-corrected chi connectivity index (χ3v) is 3.43. The normalized spacial score (nSPS) is 10.5. The first-order valence-corrected chi connectivity index (χ1v) is 6.38. The van der Waals surface area contributed by atoms with Crippen molar-refractivity contribution in [2.24, 2.45) is 5.73 Å². The van der Waals surface area contributed by atoms with Crippen LogP contribution in [0.3, 0.4) is 0 Å². The van der Waals surface area contributed by atoms with Crippen molar-refractivity contribution in [3.05, 3.63) is 34.1 Å². The molecule has 2 aromatic rings. The number of amidine groups is 1. The summed E-state index contributed by atoms with van der Waals surface area (Å²) < 4.78 is 0.928. The van der Waals surface area contributed by atoms with Gasteiger partial charge in [-0.3, -0.25) is 10.5 Å². The molecule has 1 aromatic heterocycles. The molecule has 1 aromatic carbocycles. The van der Waals surface area contributed by atoms with Crippen LogP contribution in [0.1, 0.15) is 11.4 Å². The summed E-state index contributed by atoms with van der Waals surface area (Å²) >= 11 is 4.76. The van der Waals surface area contributed by atoms with E-state index in [9.17, 15) is 0 Å². The van der Waals surface area contributed by atoms with E-state index in [-0.39, 0.29) is 5.84 Å². The van der Waals surface area contributed by atoms with E-state index in [1.165, 1.54) is 11.8 Å². The molecule has 0 unspecified atom stereocenters. The van der Waals surface area contributed by atoms with E-state index in [1.807, 2.05) is 19.1 Å². The van der Waals surface area contributed by atoms with Crippen LogP contribution in [0.2, 0.25) is 0 Å². The summed E-state index contributed by atoms with van der Waals surface area (Å²) in [5.41, 5.74) is 6.21. The van der Waals surface area contributed by atoms with Crippen molar-refractivity contribution in [2.75, 3.05) is 0 Å². The number of benzene rings is 1. The molecule has 0 fully saturated rings. The third-order valence-electron chi connectivity index (χ3n) is 2.01. The van der Waals surface area contributed by atoms with Gasteiger partial charge in [0, 0.05) is 14.9 Å². The van der Waals surface area contributed by atoms with E-state index in [1.54, 1.807) is 6.07 Å². The molecule has 0 aliphatic heterocycles. The van der Waals surface area contributed by atoms with Crippen LogP contribution < -0.4 is 5.73 Å². The molecule has 0 amide bonds. The Kier molecular flexibility index (Phi) is 3.49. The zero-order chi connectivity index (χ0) is 12.4. The predicted octanol–water partition coefficient (Wildman–Crippen LogP) is 2.31. The number of nitrogens with two attached hydrogens (primary N) is 1. The Balaban J connectivity index is 2.37. The van der Waals surface area contributed by atoms with E-state index in [4.69, 9.17) is 11.1 Å². The van der Waals surface area contributed by atoms with Crippen LogP contribution >= 0.6 is 27.7 Å². The molecule has 5 nitrogen and oxygen atoms in total. The lowest BCUT2D eigenvalue weighted by Gasteiger charge is -2.06. The number of rotatable bonds is 3. The maximum absolute atomic E-state index is 7.52. The first kappa shape index (κ1) is 12.1. The zero-order valence-electron chi connectivity index (χ0n) is 8.99. The van der Waals surface area contributed by atoms with Gasteiger partial charge in [-0.2, -0.15) is 0 Å². The Morgan fingerprint density at radius 3 is 2.88 bits per heavy atom. The molecule has 88 valence electrons. The van der Waals surface area contributed by atoms with Crippen molar-refractivity contribution in [1.29, 1.82) is 5.41 Å². The van der Waals surface area contributed by atoms with Crippen molar-refractivity contribution >= 4 is 33.5 Å². The Morgan fingerprint density at radius 1 is 1.53 bits per heavy atom. The highest BCUT2D eigenvalue weighted by Crippen LogP contribution is 2.30. The van der Waals surface area contributed by atoms with Crippen molar-refractivity contribution in [1.82, 2.24) is 15.2 Å². The highest BCUT2D eigenvalue weighted by atomic mass is 79.9. The molecule has 1 heterocycles. The van der Waals surface area contributed by atoms with Gasteiger partial charge in [0.15, 0.2) is 0 Å². The van der Waals surface area contributed by atoms with Crippen molar-refractivity contribution in [2.45, 2.75) is 17.0 Å². The largest absolute Gasteiger partial charge is 0.384 e. The number of nitrogens with zero attached hydrogens (tertiary/aromatic N) is 2. The van der Waals surface area contributed by atoms with Crippen molar-refractivity contribution < 1.29 is 0 Å². The molecule has 0 aliphatic rings. The van der Waals surface area contributed by atoms with Crippen LogP contribution in [0.15, 0.2) is 32.7 Å². The fourth-order valence-electron chi connectivity index (χ4n) is 1.27. The average molecular weight is 312 g/mol. The lowest BCUT2D eigenvalue weighted by Crippen LogP contribution is -2.12. The second-order valence-electron chi connectivity index (χ2n) is 3.36. The molecular formula is C10H10BrN5S. The second-order valence-corrected chi connectivity index (χ2v) is 5.28. The minimum absolute atomic E-state index is 0.0345. The van der Waals surface area contributed by atoms with Gasteiger partial charge in [-0.1, -0.05) is 15.9 Å². The maximum Gasteiger partial charge on any atom is 0.213 e. The molecule has 4 N–H and O–H groups in total. The van der Waals surface area contributed by atoms with E-state index < -0.39 is 0 Å². The number of halogens is 1. The summed E-state index contributed by atoms with van der Waals surface area (Å²) in [6.07, 6.45) is 0. The molecule has 0 spiro atoms. The Labute approximate surface area is 111 Å². The van der Waals surface area contributed by atoms with Gasteiger partial charge in [0.1, 0.15) is 11.7 Å². The van der Waals surface area contributed by atoms with Crippen LogP contribution in [-0.2, 0) is 0 Å². The van der Waals surface area contributed by atoms with Gasteiger partial charge >= 0.3 is 0 Å². The van der Waals surface area contributed by atoms with Crippen molar-refractivity contribution in [3.63, 3.8) is 0 Å². The van der Waals surface area contributed by atoms with E-state index in [2.05, 4.69) is 31.1 Å². The van der Waals surface area contributed by atoms with Gasteiger partial charge in [-0.25, -0.2) is 4.98 Å². The summed E-state index contributed by atoms with van der Waals surface area (Å²) in [5.74, 6) is 0.791. The monoisotopic (exact) mass is 311 g/mol. The number of aromatic amines is 1. The van der Waals surface area contributed by atoms with Crippen LogP contribution in [0.25, 0.3) is 0 Å². The second kappa shape index (κ2) is 4.89. The Morgan fingerprint density at radius 2 is 2.29 bits per heavy atom. The molecule has 0 radical (unpaired) electrons. The summed E-state index contributed by atoms with van der Waals surface area (Å²) in [7, 11) is 0. The molecule has 0 saturated heterocycles. The number of aryl methyl sites for hydroxylation is 1. The average Bonchev–Trinajstić information content (AvgIpc) is 2.63. The van der Waals surface area contributed by atoms with E-state index in [0.717, 1.165) is 15.2 Å². The van der Waals surface area contributed by atoms with Gasteiger partial charge in [-0.05, 0) is 36.9 Å². The fraction of sp³-hybridized carbons (Fsp3) is 0.100. The van der Waals surface area contributed by atoms with Gasteiger partial charge in [0.2, 0.25) is 5.16 Å². The highest BCUT2D eigenvalue weighted by Gasteiger charge is 2.10. The standard InChI is InChI=1S/C10H10BrN5S/c1-5-14-10(16-15-5)17-8-4-6(11)2-3-7(8)9(12)13/h2-4H,1H3,(H3,12,13)(H,14,15,16). The van der Waals surface area contributed by atoms with Crippen LogP contribution in [0.5, 0.6) is 0 Å². The molecule has 2 rings (SSSR count). The first-order chi connectivity index (χ1) is 8.06. The Hall–Kier alpha value is -1.34. The van der Waals surface area contributed by atoms with Gasteiger partial charge in [0.25, 0.3) is 0 Å². The summed E-state index contributed by atoms with van der Waals surface area (Å²) in [5, 5.41) is 14.9. The molecular weight excluding hydrogens is 302 g/mol. The summed E-state index contributed by atoms with van der Waals surface area (Å²) in [4.78, 5) is 5.06. The topological polar surface area (TPSA) is 91.4 Å². The summed E-state index contributed by atoms with van der Waals surface area (Å²) in [6.45, 7) is 1.84. The van der Waals surface area contributed by atoms with Gasteiger partial charge < -0.3 is 5.73 Å². The fourth-order valence-corrected chi connectivity index (χ4v) is 2.73. The number of aromatic nitrogens is 3. The minimum Gasteiger partial charge on any atom is -0.384 e. The van der Waals surface area contributed by atoms with Gasteiger partial charge in [0.05, 0.1) is 0 Å². The molecule has 17 heavy (non-hydrogen) atoms. The molecule has 0 saturated carbocycles. The predicted molar refractivity (Wildman–Crippen MR) is 70.4 cm³/mol. The van der Waals surface area contributed by atoms with Gasteiger partial charge in [-0.15, -0.1) is 5.10 Å². The number of nitrogens with one attached hydrogen (secondary N) is 2. The molecule has 0 bridgehead atoms. The van der Waals surface area contributed by atoms with E-state index >= 15 is 0 Å². The maximum atomic E-state index is 7.52. The van der Waals surface area contributed by atoms with Crippen LogP contribution in [0, 0.1) is 12.3 Å². The molecule has 7 heteroatoms. The third kappa shape index (κ3) is 2.86. The number of hydrogen-bond acceptors (Lipinski definition) is 4. The number of hydrogen-bond donors (Lipinski definition) is 3. The van der Waals surface area contributed by atoms with Crippen molar-refractivity contribution in [3.8, 4) is 0 Å². The molecule has 0 aliphatic carbocycles. The van der Waals surface area contributed by atoms with Crippen LogP contribution in [-0.4, -0.2) is 21.0 Å². The smallest absolute Gasteiger partial charge is 0.213 e. The Bertz CT molecular complexity index is 566. The lowest BCUT2D eigenvalue weighted by molar-refractivity contribution is 0.969. The zero-order valence-corrected chi connectivity index (χ0v) is 11.4. The van der Waals surface area contributed by atoms with E-state index in [0.29, 0.717) is 10.7 Å². The first-order valence-electron chi connectivity index (χ1n) is 4.77. The number of H-pyrrole nitrogens is 1. The van der Waals surface area contributed by atoms with Crippen LogP contribution in [0.4, 0.5) is 0 Å². The minimum atomic E-state index is 0.0345. The number of nitrogen functional groups attached to an aromatic ring is 1. The highest BCUT2D eigenvalue weighted by molar-refractivity contribution is 9.10. The SMILES string of the molecule is Cc1nc(Sc2cc(Br)ccc2C(=N)N)n[nH]1. The summed E-state index contributed by atoms with van der Waals surface area (Å²) in [6, 6.07) is 5.55.